The molecule has 1 aromatic carbocycles. The Morgan fingerprint density at radius 2 is 2.19 bits per heavy atom. The van der Waals surface area contributed by atoms with Crippen LogP contribution in [-0.2, 0) is 12.8 Å². The molecule has 0 saturated heterocycles. The van der Waals surface area contributed by atoms with Crippen LogP contribution in [0.1, 0.15) is 23.1 Å². The van der Waals surface area contributed by atoms with E-state index in [4.69, 9.17) is 5.26 Å². The molecule has 1 unspecified atom stereocenters. The van der Waals surface area contributed by atoms with E-state index in [1.54, 1.807) is 0 Å². The number of fused-ring (bicyclic) bond motifs is 1. The number of rotatable bonds is 4. The molecule has 16 heavy (non-hydrogen) atoms. The van der Waals surface area contributed by atoms with Crippen LogP contribution in [0.5, 0.6) is 0 Å². The summed E-state index contributed by atoms with van der Waals surface area (Å²) in [5.74, 6) is 0.718. The van der Waals surface area contributed by atoms with E-state index < -0.39 is 0 Å². The van der Waals surface area contributed by atoms with Gasteiger partial charge in [-0.15, -0.1) is 0 Å². The Morgan fingerprint density at radius 1 is 1.38 bits per heavy atom. The van der Waals surface area contributed by atoms with Crippen LogP contribution in [0.4, 0.5) is 0 Å². The number of aryl methyl sites for hydroxylation is 1. The molecule has 84 valence electrons. The predicted molar refractivity (Wildman–Crippen MR) is 65.2 cm³/mol. The molecule has 2 heteroatoms. The minimum atomic E-state index is 0.610. The zero-order chi connectivity index (χ0) is 11.4. The van der Waals surface area contributed by atoms with Gasteiger partial charge in [-0.05, 0) is 43.4 Å². The Morgan fingerprint density at radius 3 is 3.00 bits per heavy atom. The van der Waals surface area contributed by atoms with Gasteiger partial charge in [0.15, 0.2) is 0 Å². The molecule has 0 heterocycles. The average molecular weight is 214 g/mol. The lowest BCUT2D eigenvalue weighted by Gasteiger charge is -2.08. The van der Waals surface area contributed by atoms with Crippen LogP contribution in [0, 0.1) is 24.2 Å². The zero-order valence-electron chi connectivity index (χ0n) is 9.79. The van der Waals surface area contributed by atoms with Crippen LogP contribution in [0.2, 0.25) is 0 Å². The van der Waals surface area contributed by atoms with E-state index in [1.165, 1.54) is 29.5 Å². The molecule has 1 aliphatic rings. The first-order chi connectivity index (χ1) is 7.79. The van der Waals surface area contributed by atoms with Crippen molar-refractivity contribution in [1.29, 1.82) is 5.26 Å². The molecule has 0 amide bonds. The second kappa shape index (κ2) is 5.14. The van der Waals surface area contributed by atoms with Crippen LogP contribution in [-0.4, -0.2) is 13.1 Å². The van der Waals surface area contributed by atoms with Crippen molar-refractivity contribution in [1.82, 2.24) is 5.32 Å². The largest absolute Gasteiger partial charge is 0.315 e. The first-order valence-corrected chi connectivity index (χ1v) is 5.95. The Labute approximate surface area is 97.3 Å². The fourth-order valence-corrected chi connectivity index (χ4v) is 2.43. The van der Waals surface area contributed by atoms with Crippen molar-refractivity contribution in [2.45, 2.75) is 26.2 Å². The van der Waals surface area contributed by atoms with Gasteiger partial charge in [-0.25, -0.2) is 0 Å². The molecule has 0 spiro atoms. The highest BCUT2D eigenvalue weighted by atomic mass is 14.9. The smallest absolute Gasteiger partial charge is 0.0635 e. The van der Waals surface area contributed by atoms with Crippen molar-refractivity contribution in [3.8, 4) is 6.07 Å². The van der Waals surface area contributed by atoms with E-state index in [1.807, 2.05) is 0 Å². The summed E-state index contributed by atoms with van der Waals surface area (Å²) >= 11 is 0. The number of benzene rings is 1. The lowest BCUT2D eigenvalue weighted by molar-refractivity contribution is 0.502. The Hall–Kier alpha value is -1.33. The third-order valence-electron chi connectivity index (χ3n) is 3.23. The van der Waals surface area contributed by atoms with Gasteiger partial charge < -0.3 is 5.32 Å². The van der Waals surface area contributed by atoms with Crippen molar-refractivity contribution in [3.05, 3.63) is 34.9 Å². The van der Waals surface area contributed by atoms with E-state index in [0.717, 1.165) is 19.0 Å². The molecule has 0 aromatic heterocycles. The van der Waals surface area contributed by atoms with Gasteiger partial charge in [-0.1, -0.05) is 23.8 Å². The third kappa shape index (κ3) is 2.62. The zero-order valence-corrected chi connectivity index (χ0v) is 9.79. The van der Waals surface area contributed by atoms with Gasteiger partial charge in [0.1, 0.15) is 0 Å². The van der Waals surface area contributed by atoms with Crippen LogP contribution in [0.3, 0.4) is 0 Å². The van der Waals surface area contributed by atoms with Gasteiger partial charge in [0.2, 0.25) is 0 Å². The Kier molecular flexibility index (Phi) is 3.58. The maximum Gasteiger partial charge on any atom is 0.0635 e. The van der Waals surface area contributed by atoms with Crippen LogP contribution in [0.15, 0.2) is 18.2 Å². The topological polar surface area (TPSA) is 35.8 Å². The summed E-state index contributed by atoms with van der Waals surface area (Å²) in [7, 11) is 0. The molecule has 0 aliphatic heterocycles. The predicted octanol–water partition coefficient (Wildman–Crippen LogP) is 2.21. The molecular weight excluding hydrogens is 196 g/mol. The van der Waals surface area contributed by atoms with Crippen molar-refractivity contribution in [2.24, 2.45) is 5.92 Å². The van der Waals surface area contributed by atoms with Gasteiger partial charge in [0.05, 0.1) is 6.07 Å². The van der Waals surface area contributed by atoms with E-state index in [-0.39, 0.29) is 0 Å². The summed E-state index contributed by atoms with van der Waals surface area (Å²) in [5.41, 5.74) is 4.39. The highest BCUT2D eigenvalue weighted by Crippen LogP contribution is 2.26. The third-order valence-corrected chi connectivity index (χ3v) is 3.23. The fourth-order valence-electron chi connectivity index (χ4n) is 2.43. The van der Waals surface area contributed by atoms with Gasteiger partial charge >= 0.3 is 0 Å². The van der Waals surface area contributed by atoms with Crippen molar-refractivity contribution in [3.63, 3.8) is 0 Å². The monoisotopic (exact) mass is 214 g/mol. The molecule has 1 aromatic rings. The average Bonchev–Trinajstić information content (AvgIpc) is 2.66. The summed E-state index contributed by atoms with van der Waals surface area (Å²) < 4.78 is 0. The molecule has 2 nitrogen and oxygen atoms in total. The minimum Gasteiger partial charge on any atom is -0.315 e. The quantitative estimate of drug-likeness (QED) is 0.780. The standard InChI is InChI=1S/C14H18N2/c1-11-3-4-13-8-12(9-14(13)7-11)10-16-6-2-5-15/h3-4,7,12,16H,2,6,8-10H2,1H3. The van der Waals surface area contributed by atoms with Crippen LogP contribution < -0.4 is 5.32 Å². The fraction of sp³-hybridized carbons (Fsp3) is 0.500. The van der Waals surface area contributed by atoms with E-state index in [0.29, 0.717) is 6.42 Å². The summed E-state index contributed by atoms with van der Waals surface area (Å²) in [6, 6.07) is 8.93. The summed E-state index contributed by atoms with van der Waals surface area (Å²) in [6.07, 6.45) is 2.99. The molecule has 1 N–H and O–H groups in total. The molecule has 1 aliphatic carbocycles. The van der Waals surface area contributed by atoms with E-state index >= 15 is 0 Å². The maximum absolute atomic E-state index is 8.44. The summed E-state index contributed by atoms with van der Waals surface area (Å²) in [4.78, 5) is 0. The maximum atomic E-state index is 8.44. The second-order valence-electron chi connectivity index (χ2n) is 4.66. The lowest BCUT2D eigenvalue weighted by Crippen LogP contribution is -2.23. The number of hydrogen-bond acceptors (Lipinski definition) is 2. The highest BCUT2D eigenvalue weighted by Gasteiger charge is 2.20. The number of hydrogen-bond donors (Lipinski definition) is 1. The lowest BCUT2D eigenvalue weighted by atomic mass is 10.1. The number of nitriles is 1. The summed E-state index contributed by atoms with van der Waals surface area (Å²) in [5, 5.41) is 11.8. The molecule has 2 rings (SSSR count). The van der Waals surface area contributed by atoms with Crippen LogP contribution >= 0.6 is 0 Å². The van der Waals surface area contributed by atoms with E-state index in [9.17, 15) is 0 Å². The van der Waals surface area contributed by atoms with Gasteiger partial charge in [0, 0.05) is 13.0 Å². The molecule has 0 saturated carbocycles. The van der Waals surface area contributed by atoms with Gasteiger partial charge in [-0.2, -0.15) is 5.26 Å². The van der Waals surface area contributed by atoms with Crippen molar-refractivity contribution < 1.29 is 0 Å². The number of nitrogens with one attached hydrogen (secondary N) is 1. The van der Waals surface area contributed by atoms with Crippen molar-refractivity contribution >= 4 is 0 Å². The first kappa shape index (κ1) is 11.2. The minimum absolute atomic E-state index is 0.610. The van der Waals surface area contributed by atoms with Crippen molar-refractivity contribution in [2.75, 3.05) is 13.1 Å². The molecule has 0 radical (unpaired) electrons. The normalized spacial score (nSPS) is 18.1. The second-order valence-corrected chi connectivity index (χ2v) is 4.66. The van der Waals surface area contributed by atoms with Crippen LogP contribution in [0.25, 0.3) is 0 Å². The Bertz CT molecular complexity index is 404. The molecule has 0 fully saturated rings. The van der Waals surface area contributed by atoms with Gasteiger partial charge in [-0.3, -0.25) is 0 Å². The van der Waals surface area contributed by atoms with E-state index in [2.05, 4.69) is 36.5 Å². The molecular formula is C14H18N2. The van der Waals surface area contributed by atoms with Gasteiger partial charge in [0.25, 0.3) is 0 Å². The Balaban J connectivity index is 1.84. The number of nitrogens with zero attached hydrogens (tertiary/aromatic N) is 1. The first-order valence-electron chi connectivity index (χ1n) is 5.95. The highest BCUT2D eigenvalue weighted by molar-refractivity contribution is 5.35. The molecule has 1 atom stereocenters. The summed E-state index contributed by atoms with van der Waals surface area (Å²) in [6.45, 7) is 4.01. The molecule has 0 bridgehead atoms. The SMILES string of the molecule is Cc1ccc2c(c1)CC(CNCCC#N)C2.